The Morgan fingerprint density at radius 2 is 2.22 bits per heavy atom. The van der Waals surface area contributed by atoms with Crippen molar-refractivity contribution < 1.29 is 0 Å². The summed E-state index contributed by atoms with van der Waals surface area (Å²) < 4.78 is 2.06. The van der Waals surface area contributed by atoms with Crippen LogP contribution in [0.5, 0.6) is 0 Å². The van der Waals surface area contributed by atoms with E-state index in [1.165, 1.54) is 25.0 Å². The lowest BCUT2D eigenvalue weighted by Gasteiger charge is -2.08. The normalized spacial score (nSPS) is 12.8. The van der Waals surface area contributed by atoms with Crippen molar-refractivity contribution >= 4 is 11.8 Å². The highest BCUT2D eigenvalue weighted by molar-refractivity contribution is 7.98. The number of thioether (sulfide) groups is 1. The number of unbranched alkanes of at least 4 members (excludes halogenated alkanes) is 2. The Balaban J connectivity index is 2.10. The van der Waals surface area contributed by atoms with Gasteiger partial charge in [0.05, 0.1) is 5.69 Å². The number of nitrogens with zero attached hydrogens (tertiary/aromatic N) is 2. The quantitative estimate of drug-likeness (QED) is 0.660. The van der Waals surface area contributed by atoms with Crippen LogP contribution in [-0.4, -0.2) is 28.3 Å². The second kappa shape index (κ2) is 9.45. The van der Waals surface area contributed by atoms with Gasteiger partial charge in [0.1, 0.15) is 0 Å². The molecule has 1 heterocycles. The molecule has 0 aromatic carbocycles. The molecule has 0 aliphatic rings. The molecule has 4 heteroatoms. The van der Waals surface area contributed by atoms with Crippen LogP contribution >= 0.6 is 11.8 Å². The van der Waals surface area contributed by atoms with E-state index < -0.39 is 0 Å². The molecule has 0 amide bonds. The van der Waals surface area contributed by atoms with E-state index in [-0.39, 0.29) is 0 Å². The van der Waals surface area contributed by atoms with Gasteiger partial charge in [0.25, 0.3) is 0 Å². The third-order valence-corrected chi connectivity index (χ3v) is 3.91. The molecular formula is C14H27N3S. The zero-order valence-corrected chi connectivity index (χ0v) is 12.8. The van der Waals surface area contributed by atoms with Gasteiger partial charge in [0, 0.05) is 18.8 Å². The Morgan fingerprint density at radius 1 is 1.39 bits per heavy atom. The minimum absolute atomic E-state index is 0.505. The zero-order chi connectivity index (χ0) is 13.2. The summed E-state index contributed by atoms with van der Waals surface area (Å²) in [7, 11) is 0. The second-order valence-electron chi connectivity index (χ2n) is 4.77. The van der Waals surface area contributed by atoms with Crippen LogP contribution in [0.15, 0.2) is 12.3 Å². The molecular weight excluding hydrogens is 242 g/mol. The van der Waals surface area contributed by atoms with Crippen LogP contribution in [0.1, 0.15) is 51.3 Å². The van der Waals surface area contributed by atoms with E-state index in [9.17, 15) is 0 Å². The number of nitrogens with one attached hydrogen (secondary N) is 1. The first-order valence-corrected chi connectivity index (χ1v) is 8.41. The maximum atomic E-state index is 4.58. The van der Waals surface area contributed by atoms with E-state index >= 15 is 0 Å². The highest BCUT2D eigenvalue weighted by atomic mass is 32.2. The van der Waals surface area contributed by atoms with Gasteiger partial charge in [-0.1, -0.05) is 13.3 Å². The molecule has 0 radical (unpaired) electrons. The number of hydrogen-bond donors (Lipinski definition) is 1. The van der Waals surface area contributed by atoms with Gasteiger partial charge in [-0.05, 0) is 50.8 Å². The van der Waals surface area contributed by atoms with E-state index in [4.69, 9.17) is 0 Å². The van der Waals surface area contributed by atoms with Crippen molar-refractivity contribution in [1.29, 1.82) is 0 Å². The Bertz CT molecular complexity index is 312. The molecule has 1 unspecified atom stereocenters. The van der Waals surface area contributed by atoms with Crippen molar-refractivity contribution in [2.24, 2.45) is 0 Å². The largest absolute Gasteiger partial charge is 0.311 e. The van der Waals surface area contributed by atoms with Crippen LogP contribution in [0.4, 0.5) is 0 Å². The molecule has 1 N–H and O–H groups in total. The SMILES string of the molecule is CCC(C)n1ccc(CNCCCCCSC)n1. The number of rotatable bonds is 10. The summed E-state index contributed by atoms with van der Waals surface area (Å²) in [5.41, 5.74) is 1.15. The Morgan fingerprint density at radius 3 is 2.94 bits per heavy atom. The highest BCUT2D eigenvalue weighted by Gasteiger charge is 2.03. The maximum absolute atomic E-state index is 4.58. The molecule has 0 aliphatic heterocycles. The third-order valence-electron chi connectivity index (χ3n) is 3.21. The minimum atomic E-state index is 0.505. The molecule has 3 nitrogen and oxygen atoms in total. The van der Waals surface area contributed by atoms with Crippen LogP contribution < -0.4 is 5.32 Å². The summed E-state index contributed by atoms with van der Waals surface area (Å²) in [6.45, 7) is 6.39. The fourth-order valence-corrected chi connectivity index (χ4v) is 2.29. The second-order valence-corrected chi connectivity index (χ2v) is 5.76. The molecule has 0 saturated heterocycles. The molecule has 0 spiro atoms. The Hall–Kier alpha value is -0.480. The van der Waals surface area contributed by atoms with E-state index in [1.807, 2.05) is 11.8 Å². The van der Waals surface area contributed by atoms with E-state index in [0.29, 0.717) is 6.04 Å². The first-order chi connectivity index (χ1) is 8.77. The van der Waals surface area contributed by atoms with E-state index in [2.05, 4.69) is 47.5 Å². The van der Waals surface area contributed by atoms with Crippen LogP contribution in [0, 0.1) is 0 Å². The summed E-state index contributed by atoms with van der Waals surface area (Å²) in [6.07, 6.45) is 9.33. The van der Waals surface area contributed by atoms with E-state index in [1.54, 1.807) is 0 Å². The summed E-state index contributed by atoms with van der Waals surface area (Å²) in [5.74, 6) is 1.29. The Labute approximate surface area is 116 Å². The summed E-state index contributed by atoms with van der Waals surface area (Å²) in [6, 6.07) is 2.62. The van der Waals surface area contributed by atoms with Crippen molar-refractivity contribution in [3.63, 3.8) is 0 Å². The van der Waals surface area contributed by atoms with Gasteiger partial charge in [-0.15, -0.1) is 0 Å². The third kappa shape index (κ3) is 5.91. The van der Waals surface area contributed by atoms with Gasteiger partial charge in [0.2, 0.25) is 0 Å². The zero-order valence-electron chi connectivity index (χ0n) is 12.0. The van der Waals surface area contributed by atoms with Crippen molar-refractivity contribution in [1.82, 2.24) is 15.1 Å². The lowest BCUT2D eigenvalue weighted by atomic mass is 10.2. The van der Waals surface area contributed by atoms with Crippen molar-refractivity contribution in [2.75, 3.05) is 18.6 Å². The molecule has 0 saturated carbocycles. The molecule has 104 valence electrons. The summed E-state index contributed by atoms with van der Waals surface area (Å²) in [5, 5.41) is 8.05. The monoisotopic (exact) mass is 269 g/mol. The standard InChI is InChI=1S/C14H27N3S/c1-4-13(2)17-10-8-14(16-17)12-15-9-6-5-7-11-18-3/h8,10,13,15H,4-7,9,11-12H2,1-3H3. The van der Waals surface area contributed by atoms with Gasteiger partial charge in [0.15, 0.2) is 0 Å². The van der Waals surface area contributed by atoms with Gasteiger partial charge in [-0.2, -0.15) is 16.9 Å². The van der Waals surface area contributed by atoms with Crippen molar-refractivity contribution in [3.05, 3.63) is 18.0 Å². The highest BCUT2D eigenvalue weighted by Crippen LogP contribution is 2.09. The first-order valence-electron chi connectivity index (χ1n) is 7.01. The smallest absolute Gasteiger partial charge is 0.0762 e. The fourth-order valence-electron chi connectivity index (χ4n) is 1.79. The average molecular weight is 269 g/mol. The summed E-state index contributed by atoms with van der Waals surface area (Å²) in [4.78, 5) is 0. The van der Waals surface area contributed by atoms with Gasteiger partial charge in [-0.25, -0.2) is 0 Å². The van der Waals surface area contributed by atoms with Crippen LogP contribution in [0.3, 0.4) is 0 Å². The minimum Gasteiger partial charge on any atom is -0.311 e. The van der Waals surface area contributed by atoms with Crippen molar-refractivity contribution in [3.8, 4) is 0 Å². The van der Waals surface area contributed by atoms with Crippen LogP contribution in [0.2, 0.25) is 0 Å². The fraction of sp³-hybridized carbons (Fsp3) is 0.786. The average Bonchev–Trinajstić information content (AvgIpc) is 2.85. The summed E-state index contributed by atoms with van der Waals surface area (Å²) >= 11 is 1.94. The Kier molecular flexibility index (Phi) is 8.18. The topological polar surface area (TPSA) is 29.9 Å². The predicted molar refractivity (Wildman–Crippen MR) is 81.2 cm³/mol. The lowest BCUT2D eigenvalue weighted by Crippen LogP contribution is -2.15. The maximum Gasteiger partial charge on any atom is 0.0762 e. The molecule has 1 aromatic heterocycles. The van der Waals surface area contributed by atoms with Gasteiger partial charge in [-0.3, -0.25) is 4.68 Å². The first kappa shape index (κ1) is 15.6. The lowest BCUT2D eigenvalue weighted by molar-refractivity contribution is 0.471. The molecule has 0 fully saturated rings. The van der Waals surface area contributed by atoms with Crippen LogP contribution in [0.25, 0.3) is 0 Å². The van der Waals surface area contributed by atoms with Crippen LogP contribution in [-0.2, 0) is 6.54 Å². The molecule has 0 aliphatic carbocycles. The van der Waals surface area contributed by atoms with Gasteiger partial charge < -0.3 is 5.32 Å². The number of aromatic nitrogens is 2. The van der Waals surface area contributed by atoms with Gasteiger partial charge >= 0.3 is 0 Å². The molecule has 1 rings (SSSR count). The van der Waals surface area contributed by atoms with E-state index in [0.717, 1.165) is 25.2 Å². The number of hydrogen-bond acceptors (Lipinski definition) is 3. The molecule has 1 aromatic rings. The molecule has 18 heavy (non-hydrogen) atoms. The molecule has 1 atom stereocenters. The molecule has 0 bridgehead atoms. The predicted octanol–water partition coefficient (Wildman–Crippen LogP) is 3.48. The van der Waals surface area contributed by atoms with Crippen molar-refractivity contribution in [2.45, 2.75) is 52.1 Å².